The van der Waals surface area contributed by atoms with Crippen LogP contribution in [0.1, 0.15) is 44.1 Å². The van der Waals surface area contributed by atoms with Crippen molar-refractivity contribution < 1.29 is 9.00 Å². The van der Waals surface area contributed by atoms with Crippen molar-refractivity contribution in [2.24, 2.45) is 0 Å². The van der Waals surface area contributed by atoms with Gasteiger partial charge in [-0.1, -0.05) is 0 Å². The predicted octanol–water partition coefficient (Wildman–Crippen LogP) is 1.99. The third-order valence-corrected chi connectivity index (χ3v) is 5.61. The Labute approximate surface area is 126 Å². The van der Waals surface area contributed by atoms with Gasteiger partial charge in [0.05, 0.1) is 0 Å². The topological polar surface area (TPSA) is 71.1 Å². The van der Waals surface area contributed by atoms with Crippen LogP contribution in [-0.2, 0) is 10.8 Å². The summed E-state index contributed by atoms with van der Waals surface area (Å²) in [6, 6.07) is 0.534. The summed E-state index contributed by atoms with van der Waals surface area (Å²) in [6.45, 7) is 6.20. The van der Waals surface area contributed by atoms with Crippen LogP contribution in [-0.4, -0.2) is 38.2 Å². The van der Waals surface area contributed by atoms with E-state index in [0.717, 1.165) is 5.13 Å². The standard InChI is InChI=1S/C13H21N3O2S2/c1-13(2,3)20(18)7-6-14-11(17)10-8-19-12(16-10)15-9-4-5-9/h8-9H,4-7H2,1-3H3,(H,14,17)(H,15,16)/t20-/m0/s1. The van der Waals surface area contributed by atoms with Crippen molar-refractivity contribution in [3.63, 3.8) is 0 Å². The second kappa shape index (κ2) is 6.22. The Balaban J connectivity index is 1.76. The summed E-state index contributed by atoms with van der Waals surface area (Å²) in [5.74, 6) is 0.267. The number of thiazole rings is 1. The summed E-state index contributed by atoms with van der Waals surface area (Å²) in [5.41, 5.74) is 0.430. The lowest BCUT2D eigenvalue weighted by Gasteiger charge is -2.17. The molecule has 1 atom stereocenters. The maximum absolute atomic E-state index is 11.9. The second-order valence-electron chi connectivity index (χ2n) is 5.87. The number of carbonyl (C=O) groups excluding carboxylic acids is 1. The number of hydrogen-bond donors (Lipinski definition) is 2. The molecule has 0 unspecified atom stereocenters. The van der Waals surface area contributed by atoms with Gasteiger partial charge in [0.1, 0.15) is 5.69 Å². The normalized spacial score (nSPS) is 16.8. The number of hydrogen-bond acceptors (Lipinski definition) is 5. The lowest BCUT2D eigenvalue weighted by molar-refractivity contribution is 0.0952. The van der Waals surface area contributed by atoms with Crippen molar-refractivity contribution in [2.45, 2.75) is 44.4 Å². The minimum absolute atomic E-state index is 0.198. The van der Waals surface area contributed by atoms with Gasteiger partial charge >= 0.3 is 0 Å². The molecule has 1 amide bonds. The molecule has 5 nitrogen and oxygen atoms in total. The van der Waals surface area contributed by atoms with Gasteiger partial charge < -0.3 is 10.6 Å². The Bertz CT molecular complexity index is 504. The molecule has 1 aromatic rings. The number of nitrogens with zero attached hydrogens (tertiary/aromatic N) is 1. The molecule has 0 saturated heterocycles. The van der Waals surface area contributed by atoms with Crippen molar-refractivity contribution in [1.82, 2.24) is 10.3 Å². The molecule has 0 spiro atoms. The third kappa shape index (κ3) is 4.56. The van der Waals surface area contributed by atoms with Crippen molar-refractivity contribution in [2.75, 3.05) is 17.6 Å². The molecule has 1 aliphatic carbocycles. The maximum atomic E-state index is 11.9. The summed E-state index contributed by atoms with van der Waals surface area (Å²) in [5, 5.41) is 8.59. The van der Waals surface area contributed by atoms with Crippen LogP contribution < -0.4 is 10.6 Å². The van der Waals surface area contributed by atoms with Gasteiger partial charge in [-0.25, -0.2) is 4.98 Å². The lowest BCUT2D eigenvalue weighted by atomic mass is 10.3. The smallest absolute Gasteiger partial charge is 0.270 e. The molecular weight excluding hydrogens is 294 g/mol. The van der Waals surface area contributed by atoms with E-state index in [1.807, 2.05) is 20.8 Å². The molecule has 1 saturated carbocycles. The SMILES string of the molecule is CC(C)(C)[S@@](=O)CCNC(=O)c1csc(NC2CC2)n1. The number of rotatable bonds is 6. The summed E-state index contributed by atoms with van der Waals surface area (Å²) in [4.78, 5) is 16.2. The van der Waals surface area contributed by atoms with Gasteiger partial charge in [-0.15, -0.1) is 11.3 Å². The number of anilines is 1. The van der Waals surface area contributed by atoms with Crippen LogP contribution in [0.3, 0.4) is 0 Å². The Morgan fingerprint density at radius 2 is 2.20 bits per heavy atom. The van der Waals surface area contributed by atoms with E-state index in [9.17, 15) is 9.00 Å². The summed E-state index contributed by atoms with van der Waals surface area (Å²) < 4.78 is 11.6. The van der Waals surface area contributed by atoms with E-state index in [0.29, 0.717) is 24.0 Å². The van der Waals surface area contributed by atoms with E-state index < -0.39 is 10.8 Å². The van der Waals surface area contributed by atoms with Crippen LogP contribution in [0.4, 0.5) is 5.13 Å². The van der Waals surface area contributed by atoms with Gasteiger partial charge in [0.2, 0.25) is 0 Å². The quantitative estimate of drug-likeness (QED) is 0.842. The van der Waals surface area contributed by atoms with Gasteiger partial charge in [-0.2, -0.15) is 0 Å². The Morgan fingerprint density at radius 3 is 2.80 bits per heavy atom. The van der Waals surface area contributed by atoms with E-state index in [4.69, 9.17) is 0 Å². The molecule has 7 heteroatoms. The van der Waals surface area contributed by atoms with E-state index >= 15 is 0 Å². The van der Waals surface area contributed by atoms with Crippen LogP contribution in [0.5, 0.6) is 0 Å². The Kier molecular flexibility index (Phi) is 4.80. The third-order valence-electron chi connectivity index (χ3n) is 2.90. The zero-order valence-corrected chi connectivity index (χ0v) is 13.7. The molecule has 0 radical (unpaired) electrons. The highest BCUT2D eigenvalue weighted by Gasteiger charge is 2.23. The van der Waals surface area contributed by atoms with Crippen LogP contribution in [0.2, 0.25) is 0 Å². The average Bonchev–Trinajstić information content (AvgIpc) is 3.03. The van der Waals surface area contributed by atoms with Crippen LogP contribution >= 0.6 is 11.3 Å². The second-order valence-corrected chi connectivity index (χ2v) is 9.06. The molecule has 0 aliphatic heterocycles. The highest BCUT2D eigenvalue weighted by Crippen LogP contribution is 2.26. The molecule has 1 heterocycles. The Hall–Kier alpha value is -0.950. The van der Waals surface area contributed by atoms with Crippen LogP contribution in [0.15, 0.2) is 5.38 Å². The first kappa shape index (κ1) is 15.4. The highest BCUT2D eigenvalue weighted by molar-refractivity contribution is 7.86. The van der Waals surface area contributed by atoms with Crippen molar-refractivity contribution >= 4 is 33.2 Å². The fourth-order valence-electron chi connectivity index (χ4n) is 1.50. The zero-order valence-electron chi connectivity index (χ0n) is 12.1. The number of nitrogens with one attached hydrogen (secondary N) is 2. The van der Waals surface area contributed by atoms with E-state index in [1.54, 1.807) is 5.38 Å². The van der Waals surface area contributed by atoms with Crippen molar-refractivity contribution in [3.05, 3.63) is 11.1 Å². The molecule has 112 valence electrons. The molecule has 0 bridgehead atoms. The minimum atomic E-state index is -0.949. The summed E-state index contributed by atoms with van der Waals surface area (Å²) in [6.07, 6.45) is 2.36. The maximum Gasteiger partial charge on any atom is 0.270 e. The summed E-state index contributed by atoms with van der Waals surface area (Å²) in [7, 11) is -0.949. The van der Waals surface area contributed by atoms with Gasteiger partial charge in [-0.05, 0) is 33.6 Å². The zero-order chi connectivity index (χ0) is 14.8. The molecule has 1 aliphatic rings. The first-order chi connectivity index (χ1) is 9.36. The molecule has 1 aromatic heterocycles. The van der Waals surface area contributed by atoms with Gasteiger partial charge in [-0.3, -0.25) is 9.00 Å². The van der Waals surface area contributed by atoms with Crippen LogP contribution in [0, 0.1) is 0 Å². The lowest BCUT2D eigenvalue weighted by Crippen LogP contribution is -2.32. The molecular formula is C13H21N3O2S2. The fourth-order valence-corrected chi connectivity index (χ4v) is 3.17. The fraction of sp³-hybridized carbons (Fsp3) is 0.692. The van der Waals surface area contributed by atoms with E-state index in [1.165, 1.54) is 24.2 Å². The number of aromatic nitrogens is 1. The largest absolute Gasteiger partial charge is 0.359 e. The highest BCUT2D eigenvalue weighted by atomic mass is 32.2. The molecule has 1 fully saturated rings. The van der Waals surface area contributed by atoms with Gasteiger partial charge in [0.15, 0.2) is 5.13 Å². The van der Waals surface area contributed by atoms with Crippen molar-refractivity contribution in [1.29, 1.82) is 0 Å². The molecule has 2 N–H and O–H groups in total. The molecule has 20 heavy (non-hydrogen) atoms. The first-order valence-corrected chi connectivity index (χ1v) is 8.95. The average molecular weight is 315 g/mol. The minimum Gasteiger partial charge on any atom is -0.359 e. The van der Waals surface area contributed by atoms with Crippen molar-refractivity contribution in [3.8, 4) is 0 Å². The number of amides is 1. The van der Waals surface area contributed by atoms with Gasteiger partial charge in [0, 0.05) is 39.3 Å². The summed E-state index contributed by atoms with van der Waals surface area (Å²) >= 11 is 1.45. The molecule has 0 aromatic carbocycles. The van der Waals surface area contributed by atoms with Gasteiger partial charge in [0.25, 0.3) is 5.91 Å². The predicted molar refractivity (Wildman–Crippen MR) is 83.9 cm³/mol. The van der Waals surface area contributed by atoms with E-state index in [-0.39, 0.29) is 10.7 Å². The monoisotopic (exact) mass is 315 g/mol. The molecule has 2 rings (SSSR count). The number of carbonyl (C=O) groups is 1. The Morgan fingerprint density at radius 1 is 1.50 bits per heavy atom. The van der Waals surface area contributed by atoms with Crippen LogP contribution in [0.25, 0.3) is 0 Å². The van der Waals surface area contributed by atoms with E-state index in [2.05, 4.69) is 15.6 Å². The first-order valence-electron chi connectivity index (χ1n) is 6.75.